The van der Waals surface area contributed by atoms with Crippen LogP contribution in [0.3, 0.4) is 0 Å². The van der Waals surface area contributed by atoms with E-state index in [2.05, 4.69) is 58.8 Å². The molecule has 39 heavy (non-hydrogen) atoms. The van der Waals surface area contributed by atoms with E-state index in [9.17, 15) is 9.59 Å². The molecule has 1 aliphatic heterocycles. The minimum Gasteiger partial charge on any atom is -0.351 e. The lowest BCUT2D eigenvalue weighted by molar-refractivity contribution is -0.131. The molecule has 0 atom stereocenters. The van der Waals surface area contributed by atoms with Crippen LogP contribution in [0.15, 0.2) is 90.3 Å². The summed E-state index contributed by atoms with van der Waals surface area (Å²) in [5.74, 6) is 0.445. The third-order valence-corrected chi connectivity index (χ3v) is 8.75. The Hall–Kier alpha value is -3.48. The average molecular weight is 558 g/mol. The van der Waals surface area contributed by atoms with E-state index < -0.39 is 0 Å². The van der Waals surface area contributed by atoms with Crippen LogP contribution in [0.2, 0.25) is 5.02 Å². The molecule has 3 aromatic carbocycles. The number of nitrogens with zero attached hydrogens (tertiary/aromatic N) is 2. The number of carbonyl (C=O) groups is 2. The zero-order chi connectivity index (χ0) is 27.0. The minimum atomic E-state index is -0.135. The number of likely N-dealkylation sites (tertiary alicyclic amines) is 1. The lowest BCUT2D eigenvalue weighted by atomic mass is 9.88. The molecule has 1 saturated heterocycles. The van der Waals surface area contributed by atoms with Crippen LogP contribution in [0.25, 0.3) is 0 Å². The van der Waals surface area contributed by atoms with E-state index in [1.54, 1.807) is 0 Å². The fourth-order valence-electron chi connectivity index (χ4n) is 5.19. The number of aromatic nitrogens is 1. The zero-order valence-corrected chi connectivity index (χ0v) is 23.3. The highest BCUT2D eigenvalue weighted by molar-refractivity contribution is 7.09. The van der Waals surface area contributed by atoms with Crippen molar-refractivity contribution in [3.8, 4) is 0 Å². The Balaban J connectivity index is 1.12. The van der Waals surface area contributed by atoms with Crippen molar-refractivity contribution in [3.05, 3.63) is 123 Å². The molecule has 0 aliphatic carbocycles. The minimum absolute atomic E-state index is 0.102. The van der Waals surface area contributed by atoms with Gasteiger partial charge in [-0.15, -0.1) is 11.3 Å². The summed E-state index contributed by atoms with van der Waals surface area (Å²) in [6.45, 7) is 1.94. The summed E-state index contributed by atoms with van der Waals surface area (Å²) in [6.07, 6.45) is 2.82. The first-order valence-electron chi connectivity index (χ1n) is 13.4. The van der Waals surface area contributed by atoms with Gasteiger partial charge in [0, 0.05) is 41.9 Å². The van der Waals surface area contributed by atoms with Gasteiger partial charge in [-0.05, 0) is 42.0 Å². The molecular formula is C32H32ClN3O2S. The predicted molar refractivity (Wildman–Crippen MR) is 158 cm³/mol. The van der Waals surface area contributed by atoms with Crippen molar-refractivity contribution in [2.45, 2.75) is 37.5 Å². The number of halogens is 1. The third-order valence-electron chi connectivity index (χ3n) is 7.37. The van der Waals surface area contributed by atoms with Gasteiger partial charge in [-0.25, -0.2) is 4.98 Å². The Morgan fingerprint density at radius 2 is 1.54 bits per heavy atom. The van der Waals surface area contributed by atoms with E-state index in [1.807, 2.05) is 46.7 Å². The number of rotatable bonds is 9. The van der Waals surface area contributed by atoms with Crippen LogP contribution < -0.4 is 5.32 Å². The van der Waals surface area contributed by atoms with E-state index in [4.69, 9.17) is 11.6 Å². The smallest absolute Gasteiger partial charge is 0.270 e. The fraction of sp³-hybridized carbons (Fsp3) is 0.281. The van der Waals surface area contributed by atoms with Crippen LogP contribution >= 0.6 is 22.9 Å². The highest BCUT2D eigenvalue weighted by atomic mass is 35.5. The highest BCUT2D eigenvalue weighted by Gasteiger charge is 2.26. The van der Waals surface area contributed by atoms with Gasteiger partial charge in [-0.2, -0.15) is 0 Å². The average Bonchev–Trinajstić information content (AvgIpc) is 3.48. The molecule has 0 radical (unpaired) electrons. The SMILES string of the molecule is O=C(NCCC(c1ccccc1)c1ccccc1)c1csc(C2CCN(C(=O)Cc3ccccc3Cl)CC2)n1. The second-order valence-corrected chi connectivity index (χ2v) is 11.2. The monoisotopic (exact) mass is 557 g/mol. The van der Waals surface area contributed by atoms with Crippen LogP contribution in [0.4, 0.5) is 0 Å². The van der Waals surface area contributed by atoms with E-state index in [0.29, 0.717) is 36.8 Å². The Kier molecular flexibility index (Phi) is 9.07. The molecule has 5 nitrogen and oxygen atoms in total. The van der Waals surface area contributed by atoms with Crippen LogP contribution in [-0.4, -0.2) is 41.3 Å². The summed E-state index contributed by atoms with van der Waals surface area (Å²) in [4.78, 5) is 32.3. The number of hydrogen-bond donors (Lipinski definition) is 1. The van der Waals surface area contributed by atoms with Crippen molar-refractivity contribution in [3.63, 3.8) is 0 Å². The molecule has 4 aromatic rings. The molecule has 2 amide bonds. The molecule has 0 saturated carbocycles. The normalized spacial score (nSPS) is 13.9. The molecule has 1 N–H and O–H groups in total. The molecule has 5 rings (SSSR count). The maximum atomic E-state index is 12.9. The molecule has 1 fully saturated rings. The fourth-order valence-corrected chi connectivity index (χ4v) is 6.36. The second kappa shape index (κ2) is 13.0. The van der Waals surface area contributed by atoms with Crippen molar-refractivity contribution in [2.24, 2.45) is 0 Å². The summed E-state index contributed by atoms with van der Waals surface area (Å²) in [5.41, 5.74) is 3.82. The molecule has 7 heteroatoms. The lowest BCUT2D eigenvalue weighted by Gasteiger charge is -2.31. The largest absolute Gasteiger partial charge is 0.351 e. The van der Waals surface area contributed by atoms with Crippen molar-refractivity contribution in [1.29, 1.82) is 0 Å². The van der Waals surface area contributed by atoms with Gasteiger partial charge in [-0.3, -0.25) is 9.59 Å². The van der Waals surface area contributed by atoms with E-state index in [1.165, 1.54) is 22.5 Å². The van der Waals surface area contributed by atoms with E-state index in [-0.39, 0.29) is 23.7 Å². The third kappa shape index (κ3) is 6.94. The number of piperidine rings is 1. The number of carbonyl (C=O) groups excluding carboxylic acids is 2. The molecule has 0 bridgehead atoms. The Labute approximate surface area is 238 Å². The Morgan fingerprint density at radius 3 is 2.18 bits per heavy atom. The van der Waals surface area contributed by atoms with Gasteiger partial charge in [0.15, 0.2) is 0 Å². The Morgan fingerprint density at radius 1 is 0.923 bits per heavy atom. The molecule has 2 heterocycles. The summed E-state index contributed by atoms with van der Waals surface area (Å²) in [6, 6.07) is 28.3. The van der Waals surface area contributed by atoms with Gasteiger partial charge < -0.3 is 10.2 Å². The molecule has 0 unspecified atom stereocenters. The van der Waals surface area contributed by atoms with Gasteiger partial charge >= 0.3 is 0 Å². The maximum Gasteiger partial charge on any atom is 0.270 e. The molecule has 1 aliphatic rings. The standard InChI is InChI=1S/C32H32ClN3O2S/c33-28-14-8-7-13-26(28)21-30(37)36-19-16-25(17-20-36)32-35-29(22-39-32)31(38)34-18-15-27(23-9-3-1-4-10-23)24-11-5-2-6-12-24/h1-14,22,25,27H,15-21H2,(H,34,38). The quantitative estimate of drug-likeness (QED) is 0.249. The molecule has 0 spiro atoms. The van der Waals surface area contributed by atoms with Gasteiger partial charge in [0.25, 0.3) is 5.91 Å². The van der Waals surface area contributed by atoms with Crippen molar-refractivity contribution < 1.29 is 9.59 Å². The summed E-state index contributed by atoms with van der Waals surface area (Å²) < 4.78 is 0. The van der Waals surface area contributed by atoms with Crippen molar-refractivity contribution >= 4 is 34.8 Å². The van der Waals surface area contributed by atoms with Gasteiger partial charge in [-0.1, -0.05) is 90.5 Å². The first kappa shape index (κ1) is 27.1. The molecule has 1 aromatic heterocycles. The summed E-state index contributed by atoms with van der Waals surface area (Å²) in [5, 5.41) is 6.54. The van der Waals surface area contributed by atoms with Crippen molar-refractivity contribution in [2.75, 3.05) is 19.6 Å². The number of nitrogens with one attached hydrogen (secondary N) is 1. The van der Waals surface area contributed by atoms with Crippen LogP contribution in [0.1, 0.15) is 63.3 Å². The highest BCUT2D eigenvalue weighted by Crippen LogP contribution is 2.31. The van der Waals surface area contributed by atoms with Crippen LogP contribution in [-0.2, 0) is 11.2 Å². The second-order valence-electron chi connectivity index (χ2n) is 9.91. The predicted octanol–water partition coefficient (Wildman–Crippen LogP) is 6.70. The van der Waals surface area contributed by atoms with Crippen LogP contribution in [0, 0.1) is 0 Å². The summed E-state index contributed by atoms with van der Waals surface area (Å²) >= 11 is 7.77. The number of benzene rings is 3. The van der Waals surface area contributed by atoms with Gasteiger partial charge in [0.05, 0.1) is 11.4 Å². The molecule has 200 valence electrons. The van der Waals surface area contributed by atoms with Gasteiger partial charge in [0.1, 0.15) is 5.69 Å². The lowest BCUT2D eigenvalue weighted by Crippen LogP contribution is -2.38. The number of thiazole rings is 1. The first-order valence-corrected chi connectivity index (χ1v) is 14.7. The van der Waals surface area contributed by atoms with Crippen molar-refractivity contribution in [1.82, 2.24) is 15.2 Å². The topological polar surface area (TPSA) is 62.3 Å². The first-order chi connectivity index (χ1) is 19.1. The number of amides is 2. The summed E-state index contributed by atoms with van der Waals surface area (Å²) in [7, 11) is 0. The van der Waals surface area contributed by atoms with Gasteiger partial charge in [0.2, 0.25) is 5.91 Å². The molecular weight excluding hydrogens is 526 g/mol. The van der Waals surface area contributed by atoms with E-state index in [0.717, 1.165) is 29.8 Å². The maximum absolute atomic E-state index is 12.9. The zero-order valence-electron chi connectivity index (χ0n) is 21.8. The Bertz CT molecular complexity index is 1350. The number of hydrogen-bond acceptors (Lipinski definition) is 4. The van der Waals surface area contributed by atoms with Crippen LogP contribution in [0.5, 0.6) is 0 Å². The van der Waals surface area contributed by atoms with E-state index >= 15 is 0 Å².